The van der Waals surface area contributed by atoms with Crippen molar-refractivity contribution in [3.05, 3.63) is 52.2 Å². The third-order valence-corrected chi connectivity index (χ3v) is 8.41. The summed E-state index contributed by atoms with van der Waals surface area (Å²) in [6, 6.07) is 11.6. The number of nitrogens with zero attached hydrogens (tertiary/aromatic N) is 4. The summed E-state index contributed by atoms with van der Waals surface area (Å²) in [5.74, 6) is 0.398. The van der Waals surface area contributed by atoms with Crippen LogP contribution in [-0.4, -0.2) is 90.7 Å². The Kier molecular flexibility index (Phi) is 7.06. The third kappa shape index (κ3) is 4.94. The van der Waals surface area contributed by atoms with Gasteiger partial charge in [0.1, 0.15) is 16.2 Å². The largest absolute Gasteiger partial charge is 0.379 e. The van der Waals surface area contributed by atoms with Crippen molar-refractivity contribution < 1.29 is 9.53 Å². The van der Waals surface area contributed by atoms with Gasteiger partial charge in [-0.15, -0.1) is 11.3 Å². The minimum atomic E-state index is -0.317. The van der Waals surface area contributed by atoms with Crippen LogP contribution in [-0.2, 0) is 4.74 Å². The standard InChI is InChI=1S/C27H32N6O3S/c34-24-19-7-8-22(28-9-13-32-15-17-36-18-16-32)30-25(19)33-20-5-1-2-6-21(20)37-27(33)23(24)26(35)29-10-14-31-11-3-4-12-31/h1-2,5-8H,3-4,9-18H2,(H,28,30)(H,29,35). The van der Waals surface area contributed by atoms with E-state index in [1.165, 1.54) is 24.2 Å². The van der Waals surface area contributed by atoms with Crippen LogP contribution in [0.3, 0.4) is 0 Å². The Balaban J connectivity index is 1.33. The van der Waals surface area contributed by atoms with E-state index in [4.69, 9.17) is 9.72 Å². The van der Waals surface area contributed by atoms with Gasteiger partial charge < -0.3 is 20.3 Å². The number of aromatic nitrogens is 2. The fourth-order valence-corrected chi connectivity index (χ4v) is 6.46. The molecule has 37 heavy (non-hydrogen) atoms. The van der Waals surface area contributed by atoms with Crippen LogP contribution in [0.1, 0.15) is 23.2 Å². The van der Waals surface area contributed by atoms with Crippen LogP contribution in [0.25, 0.3) is 26.1 Å². The van der Waals surface area contributed by atoms with E-state index in [9.17, 15) is 9.59 Å². The lowest BCUT2D eigenvalue weighted by molar-refractivity contribution is 0.0398. The van der Waals surface area contributed by atoms with Crippen molar-refractivity contribution in [3.63, 3.8) is 0 Å². The first-order chi connectivity index (χ1) is 18.2. The quantitative estimate of drug-likeness (QED) is 0.369. The SMILES string of the molecule is O=C(NCCN1CCCC1)c1c(=O)c2ccc(NCCN3CCOCC3)nc2n2c1sc1ccccc12. The maximum Gasteiger partial charge on any atom is 0.258 e. The number of pyridine rings is 2. The summed E-state index contributed by atoms with van der Waals surface area (Å²) >= 11 is 1.46. The Morgan fingerprint density at radius 1 is 0.973 bits per heavy atom. The Morgan fingerprint density at radius 2 is 1.73 bits per heavy atom. The molecule has 5 heterocycles. The Hall–Kier alpha value is -3.05. The van der Waals surface area contributed by atoms with Crippen molar-refractivity contribution in [2.24, 2.45) is 0 Å². The number of para-hydroxylation sites is 1. The highest BCUT2D eigenvalue weighted by Crippen LogP contribution is 2.31. The molecule has 1 aromatic carbocycles. The molecule has 2 N–H and O–H groups in total. The smallest absolute Gasteiger partial charge is 0.258 e. The molecule has 2 aliphatic rings. The predicted octanol–water partition coefficient (Wildman–Crippen LogP) is 2.63. The van der Waals surface area contributed by atoms with Crippen molar-refractivity contribution in [1.82, 2.24) is 24.5 Å². The number of carbonyl (C=O) groups excluding carboxylic acids is 1. The number of carbonyl (C=O) groups is 1. The minimum Gasteiger partial charge on any atom is -0.379 e. The number of hydrogen-bond acceptors (Lipinski definition) is 8. The molecule has 9 nitrogen and oxygen atoms in total. The second-order valence-electron chi connectivity index (χ2n) is 9.67. The second kappa shape index (κ2) is 10.7. The first-order valence-electron chi connectivity index (χ1n) is 13.1. The highest BCUT2D eigenvalue weighted by atomic mass is 32.1. The molecule has 0 saturated carbocycles. The van der Waals surface area contributed by atoms with Crippen LogP contribution in [0.5, 0.6) is 0 Å². The fraction of sp³-hybridized carbons (Fsp3) is 0.444. The zero-order valence-corrected chi connectivity index (χ0v) is 21.7. The number of hydrogen-bond donors (Lipinski definition) is 2. The molecule has 0 unspecified atom stereocenters. The molecular formula is C27H32N6O3S. The number of benzene rings is 1. The number of likely N-dealkylation sites (tertiary alicyclic amines) is 1. The third-order valence-electron chi connectivity index (χ3n) is 7.27. The van der Waals surface area contributed by atoms with Gasteiger partial charge in [-0.05, 0) is 50.2 Å². The number of rotatable bonds is 8. The van der Waals surface area contributed by atoms with E-state index in [2.05, 4.69) is 20.4 Å². The summed E-state index contributed by atoms with van der Waals surface area (Å²) < 4.78 is 8.41. The van der Waals surface area contributed by atoms with Gasteiger partial charge in [0, 0.05) is 39.3 Å². The van der Waals surface area contributed by atoms with E-state index in [-0.39, 0.29) is 16.9 Å². The minimum absolute atomic E-state index is 0.199. The summed E-state index contributed by atoms with van der Waals surface area (Å²) in [7, 11) is 0. The zero-order valence-electron chi connectivity index (χ0n) is 20.9. The highest BCUT2D eigenvalue weighted by Gasteiger charge is 2.23. The van der Waals surface area contributed by atoms with Crippen molar-refractivity contribution >= 4 is 49.1 Å². The summed E-state index contributed by atoms with van der Waals surface area (Å²) in [5, 5.41) is 6.86. The Bertz CT molecular complexity index is 1490. The van der Waals surface area contributed by atoms with E-state index < -0.39 is 0 Å². The molecule has 194 valence electrons. The first kappa shape index (κ1) is 24.3. The molecule has 2 fully saturated rings. The van der Waals surface area contributed by atoms with Gasteiger partial charge in [0.2, 0.25) is 5.43 Å². The highest BCUT2D eigenvalue weighted by molar-refractivity contribution is 7.24. The zero-order chi connectivity index (χ0) is 25.2. The normalized spacial score (nSPS) is 17.2. The molecule has 0 atom stereocenters. The van der Waals surface area contributed by atoms with Gasteiger partial charge in [-0.25, -0.2) is 4.98 Å². The van der Waals surface area contributed by atoms with Gasteiger partial charge in [-0.3, -0.25) is 18.9 Å². The lowest BCUT2D eigenvalue weighted by Gasteiger charge is -2.26. The van der Waals surface area contributed by atoms with Gasteiger partial charge in [0.15, 0.2) is 5.65 Å². The van der Waals surface area contributed by atoms with Crippen molar-refractivity contribution in [3.8, 4) is 0 Å². The number of thiazole rings is 1. The van der Waals surface area contributed by atoms with Crippen LogP contribution < -0.4 is 16.1 Å². The fourth-order valence-electron chi connectivity index (χ4n) is 5.28. The molecule has 0 bridgehead atoms. The van der Waals surface area contributed by atoms with Crippen LogP contribution in [0.15, 0.2) is 41.2 Å². The Labute approximate surface area is 219 Å². The van der Waals surface area contributed by atoms with Gasteiger partial charge >= 0.3 is 0 Å². The number of morpholine rings is 1. The number of fused-ring (bicyclic) bond motifs is 5. The average molecular weight is 521 g/mol. The van der Waals surface area contributed by atoms with Crippen molar-refractivity contribution in [2.45, 2.75) is 12.8 Å². The van der Waals surface area contributed by atoms with E-state index >= 15 is 0 Å². The molecule has 2 aliphatic heterocycles. The van der Waals surface area contributed by atoms with Gasteiger partial charge in [0.25, 0.3) is 5.91 Å². The molecule has 10 heteroatoms. The maximum absolute atomic E-state index is 13.7. The summed E-state index contributed by atoms with van der Waals surface area (Å²) in [4.78, 5) is 37.2. The topological polar surface area (TPSA) is 91.2 Å². The van der Waals surface area contributed by atoms with Gasteiger partial charge in [-0.1, -0.05) is 12.1 Å². The number of amides is 1. The second-order valence-corrected chi connectivity index (χ2v) is 10.7. The number of nitrogens with one attached hydrogen (secondary N) is 2. The maximum atomic E-state index is 13.7. The number of ether oxygens (including phenoxy) is 1. The van der Waals surface area contributed by atoms with Crippen molar-refractivity contribution in [2.75, 3.05) is 70.9 Å². The van der Waals surface area contributed by atoms with Crippen LogP contribution in [0, 0.1) is 0 Å². The van der Waals surface area contributed by atoms with Crippen LogP contribution >= 0.6 is 11.3 Å². The molecule has 4 aromatic rings. The summed E-state index contributed by atoms with van der Waals surface area (Å²) in [5.41, 5.74) is 1.44. The molecule has 0 aliphatic carbocycles. The number of anilines is 1. The molecule has 1 amide bonds. The van der Waals surface area contributed by atoms with Gasteiger partial charge in [0.05, 0.1) is 28.8 Å². The monoisotopic (exact) mass is 520 g/mol. The molecular weight excluding hydrogens is 488 g/mol. The lowest BCUT2D eigenvalue weighted by atomic mass is 10.1. The van der Waals surface area contributed by atoms with E-state index in [1.807, 2.05) is 34.7 Å². The molecule has 6 rings (SSSR count). The van der Waals surface area contributed by atoms with E-state index in [0.717, 1.165) is 69.2 Å². The van der Waals surface area contributed by atoms with E-state index in [0.29, 0.717) is 28.2 Å². The summed E-state index contributed by atoms with van der Waals surface area (Å²) in [6.45, 7) is 8.54. The average Bonchev–Trinajstić information content (AvgIpc) is 3.57. The summed E-state index contributed by atoms with van der Waals surface area (Å²) in [6.07, 6.45) is 2.42. The molecule has 3 aromatic heterocycles. The van der Waals surface area contributed by atoms with Crippen molar-refractivity contribution in [1.29, 1.82) is 0 Å². The van der Waals surface area contributed by atoms with E-state index in [1.54, 1.807) is 6.07 Å². The molecule has 2 saturated heterocycles. The Morgan fingerprint density at radius 3 is 2.57 bits per heavy atom. The first-order valence-corrected chi connectivity index (χ1v) is 13.9. The van der Waals surface area contributed by atoms with Crippen LogP contribution in [0.2, 0.25) is 0 Å². The lowest BCUT2D eigenvalue weighted by Crippen LogP contribution is -2.39. The predicted molar refractivity (Wildman–Crippen MR) is 148 cm³/mol. The van der Waals surface area contributed by atoms with Gasteiger partial charge in [-0.2, -0.15) is 0 Å². The molecule has 0 radical (unpaired) electrons. The van der Waals surface area contributed by atoms with Crippen LogP contribution in [0.4, 0.5) is 5.82 Å². The molecule has 0 spiro atoms.